The summed E-state index contributed by atoms with van der Waals surface area (Å²) in [4.78, 5) is 0. The lowest BCUT2D eigenvalue weighted by atomic mass is 10.5. The van der Waals surface area contributed by atoms with Crippen molar-refractivity contribution in [2.24, 2.45) is 5.73 Å². The highest BCUT2D eigenvalue weighted by molar-refractivity contribution is 7.90. The average molecular weight is 232 g/mol. The van der Waals surface area contributed by atoms with Gasteiger partial charge in [0.2, 0.25) is 0 Å². The molecular weight excluding hydrogens is 216 g/mol. The molecule has 2 N–H and O–H groups in total. The molecule has 0 unspecified atom stereocenters. The zero-order chi connectivity index (χ0) is 11.9. The van der Waals surface area contributed by atoms with Crippen LogP contribution in [0.1, 0.15) is 5.69 Å². The lowest BCUT2D eigenvalue weighted by Gasteiger charge is -1.96. The van der Waals surface area contributed by atoms with Crippen LogP contribution in [0.5, 0.6) is 0 Å². The van der Waals surface area contributed by atoms with Crippen molar-refractivity contribution in [3.63, 3.8) is 0 Å². The third-order valence-corrected chi connectivity index (χ3v) is 2.41. The topological polar surface area (TPSA) is 90.9 Å². The second-order valence-electron chi connectivity index (χ2n) is 2.81. The highest BCUT2D eigenvalue weighted by Crippen LogP contribution is 1.92. The standard InChI is InChI=1S/C6H12N4O2S.C2H4/c1-13(11,12)3-2-10-5-6(4-7)8-9-10;1-2/h5H,2-4,7H2,1H3;1-2H2. The Morgan fingerprint density at radius 3 is 2.53 bits per heavy atom. The molecule has 0 bridgehead atoms. The molecule has 1 aromatic heterocycles. The summed E-state index contributed by atoms with van der Waals surface area (Å²) in [5, 5.41) is 7.44. The van der Waals surface area contributed by atoms with E-state index in [1.807, 2.05) is 0 Å². The predicted molar refractivity (Wildman–Crippen MR) is 58.9 cm³/mol. The first kappa shape index (κ1) is 13.8. The molecule has 0 aliphatic heterocycles. The number of rotatable bonds is 4. The molecule has 1 heterocycles. The number of nitrogens with two attached hydrogens (primary N) is 1. The zero-order valence-corrected chi connectivity index (χ0v) is 9.57. The van der Waals surface area contributed by atoms with Crippen LogP contribution in [0.3, 0.4) is 0 Å². The Kier molecular flexibility index (Phi) is 5.80. The molecule has 0 fully saturated rings. The highest BCUT2D eigenvalue weighted by atomic mass is 32.2. The maximum atomic E-state index is 10.8. The Labute approximate surface area is 89.7 Å². The molecule has 0 spiro atoms. The number of nitrogens with zero attached hydrogens (tertiary/aromatic N) is 3. The van der Waals surface area contributed by atoms with Crippen LogP contribution in [0.4, 0.5) is 0 Å². The number of aromatic nitrogens is 3. The van der Waals surface area contributed by atoms with Crippen molar-refractivity contribution < 1.29 is 8.42 Å². The quantitative estimate of drug-likeness (QED) is 0.712. The molecule has 0 atom stereocenters. The summed E-state index contributed by atoms with van der Waals surface area (Å²) in [6.45, 7) is 6.64. The molecule has 1 aromatic rings. The number of aryl methyl sites for hydroxylation is 1. The summed E-state index contributed by atoms with van der Waals surface area (Å²) >= 11 is 0. The van der Waals surface area contributed by atoms with Crippen LogP contribution in [0.25, 0.3) is 0 Å². The summed E-state index contributed by atoms with van der Waals surface area (Å²) < 4.78 is 23.1. The van der Waals surface area contributed by atoms with E-state index in [-0.39, 0.29) is 5.75 Å². The van der Waals surface area contributed by atoms with Gasteiger partial charge in [0.25, 0.3) is 0 Å². The predicted octanol–water partition coefficient (Wildman–Crippen LogP) is -0.416. The number of hydrogen-bond donors (Lipinski definition) is 1. The van der Waals surface area contributed by atoms with Crippen molar-refractivity contribution in [3.05, 3.63) is 25.0 Å². The van der Waals surface area contributed by atoms with Crippen LogP contribution in [0, 0.1) is 0 Å². The highest BCUT2D eigenvalue weighted by Gasteiger charge is 2.04. The number of sulfone groups is 1. The van der Waals surface area contributed by atoms with Crippen LogP contribution in [0.2, 0.25) is 0 Å². The van der Waals surface area contributed by atoms with Gasteiger partial charge in [0.15, 0.2) is 0 Å². The second-order valence-corrected chi connectivity index (χ2v) is 5.07. The summed E-state index contributed by atoms with van der Waals surface area (Å²) in [5.41, 5.74) is 5.97. The van der Waals surface area contributed by atoms with Crippen molar-refractivity contribution in [3.8, 4) is 0 Å². The first-order valence-corrected chi connectivity index (χ1v) is 6.34. The first-order valence-electron chi connectivity index (χ1n) is 4.28. The Bertz CT molecular complexity index is 385. The van der Waals surface area contributed by atoms with Gasteiger partial charge >= 0.3 is 0 Å². The molecule has 86 valence electrons. The fourth-order valence-electron chi connectivity index (χ4n) is 0.801. The van der Waals surface area contributed by atoms with Crippen molar-refractivity contribution >= 4 is 9.84 Å². The van der Waals surface area contributed by atoms with Crippen molar-refractivity contribution in [1.29, 1.82) is 0 Å². The average Bonchev–Trinajstić information content (AvgIpc) is 2.64. The zero-order valence-electron chi connectivity index (χ0n) is 8.76. The molecule has 15 heavy (non-hydrogen) atoms. The van der Waals surface area contributed by atoms with E-state index in [9.17, 15) is 8.42 Å². The summed E-state index contributed by atoms with van der Waals surface area (Å²) in [6, 6.07) is 0. The Morgan fingerprint density at radius 2 is 2.13 bits per heavy atom. The van der Waals surface area contributed by atoms with Gasteiger partial charge in [-0.15, -0.1) is 18.3 Å². The van der Waals surface area contributed by atoms with E-state index < -0.39 is 9.84 Å². The van der Waals surface area contributed by atoms with Crippen LogP contribution >= 0.6 is 0 Å². The van der Waals surface area contributed by atoms with Crippen molar-refractivity contribution in [2.45, 2.75) is 13.1 Å². The van der Waals surface area contributed by atoms with Crippen molar-refractivity contribution in [1.82, 2.24) is 15.0 Å². The fourth-order valence-corrected chi connectivity index (χ4v) is 1.32. The van der Waals surface area contributed by atoms with Crippen LogP contribution in [-0.2, 0) is 22.9 Å². The van der Waals surface area contributed by atoms with Gasteiger partial charge in [-0.05, 0) is 0 Å². The summed E-state index contributed by atoms with van der Waals surface area (Å²) in [5.74, 6) is 0.0698. The third-order valence-electron chi connectivity index (χ3n) is 1.49. The third kappa shape index (κ3) is 5.97. The SMILES string of the molecule is C=C.CS(=O)(=O)CCn1cc(CN)nn1. The second kappa shape index (κ2) is 6.31. The van der Waals surface area contributed by atoms with Crippen molar-refractivity contribution in [2.75, 3.05) is 12.0 Å². The maximum absolute atomic E-state index is 10.8. The Hall–Kier alpha value is -1.21. The van der Waals surface area contributed by atoms with Gasteiger partial charge in [-0.1, -0.05) is 5.21 Å². The largest absolute Gasteiger partial charge is 0.325 e. The molecule has 0 amide bonds. The fraction of sp³-hybridized carbons (Fsp3) is 0.500. The monoisotopic (exact) mass is 232 g/mol. The van der Waals surface area contributed by atoms with E-state index >= 15 is 0 Å². The molecule has 1 rings (SSSR count). The van der Waals surface area contributed by atoms with Gasteiger partial charge in [0.05, 0.1) is 18.0 Å². The van der Waals surface area contributed by atoms with E-state index in [1.165, 1.54) is 10.9 Å². The number of hydrogen-bond acceptors (Lipinski definition) is 5. The van der Waals surface area contributed by atoms with Gasteiger partial charge in [0, 0.05) is 19.0 Å². The van der Waals surface area contributed by atoms with E-state index in [0.717, 1.165) is 0 Å². The molecule has 0 saturated heterocycles. The minimum Gasteiger partial charge on any atom is -0.325 e. The minimum atomic E-state index is -2.94. The van der Waals surface area contributed by atoms with Gasteiger partial charge in [-0.2, -0.15) is 0 Å². The molecule has 0 radical (unpaired) electrons. The van der Waals surface area contributed by atoms with Crippen LogP contribution < -0.4 is 5.73 Å². The molecule has 6 nitrogen and oxygen atoms in total. The van der Waals surface area contributed by atoms with E-state index in [0.29, 0.717) is 18.8 Å². The Balaban J connectivity index is 0.000000921. The lowest BCUT2D eigenvalue weighted by Crippen LogP contribution is -2.11. The summed E-state index contributed by atoms with van der Waals surface area (Å²) in [7, 11) is -2.94. The van der Waals surface area contributed by atoms with Gasteiger partial charge in [-0.3, -0.25) is 4.68 Å². The Morgan fingerprint density at radius 1 is 1.53 bits per heavy atom. The molecule has 0 aliphatic carbocycles. The minimum absolute atomic E-state index is 0.0698. The van der Waals surface area contributed by atoms with Gasteiger partial charge < -0.3 is 5.73 Å². The molecular formula is C8H16N4O2S. The lowest BCUT2D eigenvalue weighted by molar-refractivity contribution is 0.579. The van der Waals surface area contributed by atoms with E-state index in [4.69, 9.17) is 5.73 Å². The van der Waals surface area contributed by atoms with E-state index in [1.54, 1.807) is 6.20 Å². The normalized spacial score (nSPS) is 10.5. The van der Waals surface area contributed by atoms with Gasteiger partial charge in [0.1, 0.15) is 9.84 Å². The van der Waals surface area contributed by atoms with Crippen LogP contribution in [-0.4, -0.2) is 35.4 Å². The van der Waals surface area contributed by atoms with E-state index in [2.05, 4.69) is 23.5 Å². The molecule has 0 aliphatic rings. The molecule has 7 heteroatoms. The smallest absolute Gasteiger partial charge is 0.149 e. The maximum Gasteiger partial charge on any atom is 0.149 e. The van der Waals surface area contributed by atoms with Crippen LogP contribution in [0.15, 0.2) is 19.4 Å². The van der Waals surface area contributed by atoms with Gasteiger partial charge in [-0.25, -0.2) is 8.42 Å². The first-order chi connectivity index (χ1) is 7.01. The summed E-state index contributed by atoms with van der Waals surface area (Å²) in [6.07, 6.45) is 2.83. The molecule has 0 saturated carbocycles. The molecule has 0 aromatic carbocycles.